The van der Waals surface area contributed by atoms with Crippen LogP contribution in [-0.2, 0) is 23.0 Å². The van der Waals surface area contributed by atoms with Crippen molar-refractivity contribution in [3.05, 3.63) is 45.8 Å². The predicted octanol–water partition coefficient (Wildman–Crippen LogP) is 6.33. The number of thiophene rings is 1. The molecular weight excluding hydrogens is 569 g/mol. The van der Waals surface area contributed by atoms with Crippen LogP contribution in [-0.4, -0.2) is 73.6 Å². The van der Waals surface area contributed by atoms with Gasteiger partial charge in [-0.3, -0.25) is 14.5 Å². The molecule has 42 heavy (non-hydrogen) atoms. The maximum absolute atomic E-state index is 13.9. The third-order valence-electron chi connectivity index (χ3n) is 7.28. The summed E-state index contributed by atoms with van der Waals surface area (Å²) in [6, 6.07) is 6.14. The zero-order chi connectivity index (χ0) is 31.0. The zero-order valence-corrected chi connectivity index (χ0v) is 28.2. The van der Waals surface area contributed by atoms with Crippen LogP contribution in [0.2, 0.25) is 0 Å². The first-order valence-corrected chi connectivity index (χ1v) is 17.8. The standard InChI is InChI=1S/C32H50N4O4S2/c1-8-16-34-19-15-27-28(22-34)41-31(29(27)32(38)35(17-9-2)18-10-3)33-30(37)25-11-13-26(14-12-25)42(39,40)36(20-23(4)5)21-24(6)7/h11-14,23-24H,8-10,15-22H2,1-7H3,(H,33,37). The second-order valence-corrected chi connectivity index (χ2v) is 15.2. The Morgan fingerprint density at radius 3 is 2.07 bits per heavy atom. The van der Waals surface area contributed by atoms with Gasteiger partial charge in [-0.15, -0.1) is 11.3 Å². The van der Waals surface area contributed by atoms with E-state index in [1.165, 1.54) is 27.8 Å². The minimum Gasteiger partial charge on any atom is -0.339 e. The lowest BCUT2D eigenvalue weighted by atomic mass is 10.0. The summed E-state index contributed by atoms with van der Waals surface area (Å²) in [5.41, 5.74) is 2.03. The predicted molar refractivity (Wildman–Crippen MR) is 173 cm³/mol. The Kier molecular flexibility index (Phi) is 12.6. The van der Waals surface area contributed by atoms with Crippen molar-refractivity contribution in [1.29, 1.82) is 0 Å². The number of nitrogens with zero attached hydrogens (tertiary/aromatic N) is 3. The summed E-state index contributed by atoms with van der Waals surface area (Å²) in [5.74, 6) is 0.0106. The number of carbonyl (C=O) groups excluding carboxylic acids is 2. The molecule has 10 heteroatoms. The molecule has 0 spiro atoms. The normalized spacial score (nSPS) is 14.0. The van der Waals surface area contributed by atoms with Gasteiger partial charge in [-0.05, 0) is 73.9 Å². The Morgan fingerprint density at radius 2 is 1.55 bits per heavy atom. The van der Waals surface area contributed by atoms with Gasteiger partial charge in [0.1, 0.15) is 5.00 Å². The molecule has 0 radical (unpaired) electrons. The fourth-order valence-electron chi connectivity index (χ4n) is 5.48. The molecule has 0 fully saturated rings. The Morgan fingerprint density at radius 1 is 0.952 bits per heavy atom. The van der Waals surface area contributed by atoms with Gasteiger partial charge in [-0.25, -0.2) is 8.42 Å². The van der Waals surface area contributed by atoms with Gasteiger partial charge in [0.2, 0.25) is 10.0 Å². The number of carbonyl (C=O) groups is 2. The number of fused-ring (bicyclic) bond motifs is 1. The highest BCUT2D eigenvalue weighted by Crippen LogP contribution is 2.38. The fraction of sp³-hybridized carbons (Fsp3) is 0.625. The quantitative estimate of drug-likeness (QED) is 0.252. The summed E-state index contributed by atoms with van der Waals surface area (Å²) in [5, 5.41) is 3.62. The second kappa shape index (κ2) is 15.5. The molecule has 1 aliphatic rings. The van der Waals surface area contributed by atoms with Crippen molar-refractivity contribution >= 4 is 38.2 Å². The molecule has 1 aromatic heterocycles. The molecule has 1 aliphatic heterocycles. The molecular formula is C32H50N4O4S2. The van der Waals surface area contributed by atoms with Gasteiger partial charge in [0.25, 0.3) is 11.8 Å². The van der Waals surface area contributed by atoms with E-state index in [1.807, 2.05) is 32.6 Å². The summed E-state index contributed by atoms with van der Waals surface area (Å²) >= 11 is 1.50. The minimum absolute atomic E-state index is 0.0210. The van der Waals surface area contributed by atoms with Gasteiger partial charge in [0.15, 0.2) is 0 Å². The van der Waals surface area contributed by atoms with Gasteiger partial charge in [0, 0.05) is 49.7 Å². The van der Waals surface area contributed by atoms with E-state index < -0.39 is 10.0 Å². The van der Waals surface area contributed by atoms with E-state index in [0.717, 1.165) is 55.8 Å². The molecule has 0 aliphatic carbocycles. The molecule has 2 aromatic rings. The highest BCUT2D eigenvalue weighted by atomic mass is 32.2. The van der Waals surface area contributed by atoms with Crippen molar-refractivity contribution < 1.29 is 18.0 Å². The average molecular weight is 619 g/mol. The second-order valence-electron chi connectivity index (χ2n) is 12.1. The Labute approximate surface area is 257 Å². The van der Waals surface area contributed by atoms with E-state index in [1.54, 1.807) is 12.1 Å². The van der Waals surface area contributed by atoms with Gasteiger partial charge < -0.3 is 10.2 Å². The number of nitrogens with one attached hydrogen (secondary N) is 1. The molecule has 1 aromatic carbocycles. The van der Waals surface area contributed by atoms with E-state index in [4.69, 9.17) is 0 Å². The van der Waals surface area contributed by atoms with Gasteiger partial charge >= 0.3 is 0 Å². The van der Waals surface area contributed by atoms with Crippen molar-refractivity contribution in [3.8, 4) is 0 Å². The first kappa shape index (κ1) is 34.2. The Hall–Kier alpha value is -2.27. The largest absolute Gasteiger partial charge is 0.339 e. The number of rotatable bonds is 15. The van der Waals surface area contributed by atoms with Crippen molar-refractivity contribution in [2.24, 2.45) is 11.8 Å². The summed E-state index contributed by atoms with van der Waals surface area (Å²) in [6.07, 6.45) is 3.58. The summed E-state index contributed by atoms with van der Waals surface area (Å²) in [7, 11) is -3.69. The maximum atomic E-state index is 13.9. The molecule has 1 N–H and O–H groups in total. The van der Waals surface area contributed by atoms with Crippen molar-refractivity contribution in [1.82, 2.24) is 14.1 Å². The molecule has 234 valence electrons. The Balaban J connectivity index is 1.91. The average Bonchev–Trinajstić information content (AvgIpc) is 3.28. The molecule has 0 bridgehead atoms. The van der Waals surface area contributed by atoms with Crippen LogP contribution in [0.25, 0.3) is 0 Å². The topological polar surface area (TPSA) is 90.0 Å². The smallest absolute Gasteiger partial charge is 0.257 e. The highest BCUT2D eigenvalue weighted by molar-refractivity contribution is 7.89. The SMILES string of the molecule is CCCN1CCc2c(sc(NC(=O)c3ccc(S(=O)(=O)N(CC(C)C)CC(C)C)cc3)c2C(=O)N(CCC)CCC)C1. The summed E-state index contributed by atoms with van der Waals surface area (Å²) in [4.78, 5) is 33.0. The lowest BCUT2D eigenvalue weighted by Crippen LogP contribution is -2.37. The summed E-state index contributed by atoms with van der Waals surface area (Å²) < 4.78 is 28.4. The minimum atomic E-state index is -3.69. The van der Waals surface area contributed by atoms with Crippen molar-refractivity contribution in [2.75, 3.05) is 44.6 Å². The van der Waals surface area contributed by atoms with Crippen LogP contribution in [0.4, 0.5) is 5.00 Å². The van der Waals surface area contributed by atoms with Crippen LogP contribution < -0.4 is 5.32 Å². The van der Waals surface area contributed by atoms with Crippen LogP contribution in [0.1, 0.15) is 98.9 Å². The number of sulfonamides is 1. The lowest BCUT2D eigenvalue weighted by molar-refractivity contribution is 0.0755. The molecule has 0 atom stereocenters. The zero-order valence-electron chi connectivity index (χ0n) is 26.5. The van der Waals surface area contributed by atoms with Gasteiger partial charge in [-0.1, -0.05) is 48.5 Å². The van der Waals surface area contributed by atoms with E-state index in [9.17, 15) is 18.0 Å². The van der Waals surface area contributed by atoms with Crippen LogP contribution in [0, 0.1) is 11.8 Å². The van der Waals surface area contributed by atoms with E-state index in [2.05, 4.69) is 31.0 Å². The number of benzene rings is 1. The summed E-state index contributed by atoms with van der Waals surface area (Å²) in [6.45, 7) is 19.2. The van der Waals surface area contributed by atoms with E-state index >= 15 is 0 Å². The molecule has 3 rings (SSSR count). The molecule has 0 unspecified atom stereocenters. The first-order chi connectivity index (χ1) is 19.9. The Bertz CT molecular complexity index is 1290. The fourth-order valence-corrected chi connectivity index (χ4v) is 8.52. The molecule has 0 saturated carbocycles. The van der Waals surface area contributed by atoms with E-state index in [0.29, 0.717) is 42.3 Å². The van der Waals surface area contributed by atoms with Gasteiger partial charge in [0.05, 0.1) is 10.5 Å². The molecule has 2 amide bonds. The van der Waals surface area contributed by atoms with Crippen molar-refractivity contribution in [2.45, 2.75) is 85.6 Å². The van der Waals surface area contributed by atoms with Crippen LogP contribution >= 0.6 is 11.3 Å². The van der Waals surface area contributed by atoms with E-state index in [-0.39, 0.29) is 28.5 Å². The number of hydrogen-bond donors (Lipinski definition) is 1. The monoisotopic (exact) mass is 618 g/mol. The maximum Gasteiger partial charge on any atom is 0.257 e. The lowest BCUT2D eigenvalue weighted by Gasteiger charge is -2.27. The number of hydrogen-bond acceptors (Lipinski definition) is 6. The third-order valence-corrected chi connectivity index (χ3v) is 10.3. The van der Waals surface area contributed by atoms with Crippen LogP contribution in [0.3, 0.4) is 0 Å². The highest BCUT2D eigenvalue weighted by Gasteiger charge is 2.31. The van der Waals surface area contributed by atoms with Crippen LogP contribution in [0.15, 0.2) is 29.2 Å². The van der Waals surface area contributed by atoms with Crippen LogP contribution in [0.5, 0.6) is 0 Å². The first-order valence-electron chi connectivity index (χ1n) is 15.5. The number of anilines is 1. The number of amides is 2. The third kappa shape index (κ3) is 8.42. The molecule has 0 saturated heterocycles. The molecule has 2 heterocycles. The van der Waals surface area contributed by atoms with Gasteiger partial charge in [-0.2, -0.15) is 4.31 Å². The van der Waals surface area contributed by atoms with Crippen molar-refractivity contribution in [3.63, 3.8) is 0 Å². The molecule has 8 nitrogen and oxygen atoms in total.